The van der Waals surface area contributed by atoms with Crippen LogP contribution in [0.4, 0.5) is 11.4 Å². The number of amides is 2. The van der Waals surface area contributed by atoms with E-state index < -0.39 is 11.4 Å². The van der Waals surface area contributed by atoms with E-state index >= 15 is 0 Å². The van der Waals surface area contributed by atoms with Crippen LogP contribution in [0.3, 0.4) is 0 Å². The number of benzene rings is 3. The Kier molecular flexibility index (Phi) is 8.36. The summed E-state index contributed by atoms with van der Waals surface area (Å²) in [5.41, 5.74) is 3.14. The van der Waals surface area contributed by atoms with Gasteiger partial charge in [-0.2, -0.15) is 14.8 Å². The third-order valence-corrected chi connectivity index (χ3v) is 8.42. The van der Waals surface area contributed by atoms with Crippen molar-refractivity contribution >= 4 is 40.8 Å². The Labute approximate surface area is 253 Å². The Hall–Kier alpha value is -4.71. The summed E-state index contributed by atoms with van der Waals surface area (Å²) in [5, 5.41) is 21.3. The van der Waals surface area contributed by atoms with Crippen LogP contribution in [0.2, 0.25) is 0 Å². The number of hydrogen-bond donors (Lipinski definition) is 1. The third-order valence-electron chi connectivity index (χ3n) is 7.31. The number of tetrazole rings is 1. The summed E-state index contributed by atoms with van der Waals surface area (Å²) in [6.45, 7) is 5.59. The van der Waals surface area contributed by atoms with E-state index in [-0.39, 0.29) is 11.8 Å². The van der Waals surface area contributed by atoms with E-state index in [2.05, 4.69) is 25.7 Å². The van der Waals surface area contributed by atoms with Gasteiger partial charge in [0.15, 0.2) is 11.4 Å². The molecule has 2 atom stereocenters. The molecule has 0 spiro atoms. The highest BCUT2D eigenvalue weighted by Gasteiger charge is 2.42. The average Bonchev–Trinajstić information content (AvgIpc) is 3.80. The predicted molar refractivity (Wildman–Crippen MR) is 165 cm³/mol. The van der Waals surface area contributed by atoms with Crippen LogP contribution in [0, 0.1) is 6.92 Å². The molecule has 1 N–H and O–H groups in total. The Balaban J connectivity index is 1.18. The number of hydrogen-bond acceptors (Lipinski definition) is 9. The summed E-state index contributed by atoms with van der Waals surface area (Å²) in [5.74, 6) is 0.928. The maximum atomic E-state index is 13.8. The first-order valence-electron chi connectivity index (χ1n) is 14.3. The number of nitrogens with zero attached hydrogens (tertiary/aromatic N) is 7. The quantitative estimate of drug-likeness (QED) is 0.296. The second kappa shape index (κ2) is 12.7. The van der Waals surface area contributed by atoms with Crippen LogP contribution >= 0.6 is 11.8 Å². The average molecular weight is 597 g/mol. The molecule has 3 heterocycles. The second-order valence-corrected chi connectivity index (χ2v) is 11.4. The second-order valence-electron chi connectivity index (χ2n) is 10.4. The molecule has 0 aliphatic carbocycles. The lowest BCUT2D eigenvalue weighted by Gasteiger charge is -2.20. The van der Waals surface area contributed by atoms with Crippen molar-refractivity contribution in [1.82, 2.24) is 25.1 Å². The number of para-hydroxylation sites is 1. The molecule has 0 saturated carbocycles. The molecule has 2 aliphatic rings. The van der Waals surface area contributed by atoms with Gasteiger partial charge in [-0.25, -0.2) is 0 Å². The van der Waals surface area contributed by atoms with Gasteiger partial charge >= 0.3 is 0 Å². The zero-order chi connectivity index (χ0) is 29.8. The van der Waals surface area contributed by atoms with Gasteiger partial charge in [0.05, 0.1) is 11.4 Å². The highest BCUT2D eigenvalue weighted by Crippen LogP contribution is 2.34. The van der Waals surface area contributed by atoms with Crippen molar-refractivity contribution < 1.29 is 14.3 Å². The fraction of sp³-hybridized carbons (Fsp3) is 0.290. The molecule has 3 aromatic carbocycles. The van der Waals surface area contributed by atoms with Crippen molar-refractivity contribution in [3.05, 3.63) is 84.4 Å². The number of thioether (sulfide) groups is 1. The largest absolute Gasteiger partial charge is 0.481 e. The predicted octanol–water partition coefficient (Wildman–Crippen LogP) is 4.68. The molecule has 11 nitrogen and oxygen atoms in total. The minimum absolute atomic E-state index is 0.177. The number of ether oxygens (including phenoxy) is 1. The Morgan fingerprint density at radius 1 is 1.00 bits per heavy atom. The van der Waals surface area contributed by atoms with Crippen molar-refractivity contribution in [3.8, 4) is 11.4 Å². The molecule has 2 amide bonds. The smallest absolute Gasteiger partial charge is 0.268 e. The van der Waals surface area contributed by atoms with Gasteiger partial charge in [0.1, 0.15) is 11.6 Å². The maximum absolute atomic E-state index is 13.8. The summed E-state index contributed by atoms with van der Waals surface area (Å²) in [4.78, 5) is 29.0. The molecule has 6 rings (SSSR count). The molecule has 1 aromatic heterocycles. The fourth-order valence-corrected chi connectivity index (χ4v) is 6.03. The fourth-order valence-electron chi connectivity index (χ4n) is 4.99. The van der Waals surface area contributed by atoms with Gasteiger partial charge < -0.3 is 15.0 Å². The van der Waals surface area contributed by atoms with Crippen molar-refractivity contribution in [2.45, 2.75) is 49.6 Å². The summed E-state index contributed by atoms with van der Waals surface area (Å²) in [7, 11) is 0. The van der Waals surface area contributed by atoms with Crippen LogP contribution in [-0.2, 0) is 9.59 Å². The Morgan fingerprint density at radius 3 is 2.42 bits per heavy atom. The lowest BCUT2D eigenvalue weighted by atomic mass is 10.2. The van der Waals surface area contributed by atoms with E-state index in [1.165, 1.54) is 16.8 Å². The van der Waals surface area contributed by atoms with Gasteiger partial charge in [0.2, 0.25) is 5.16 Å². The van der Waals surface area contributed by atoms with E-state index in [9.17, 15) is 9.59 Å². The lowest BCUT2D eigenvalue weighted by Crippen LogP contribution is -2.37. The number of amidine groups is 1. The zero-order valence-corrected chi connectivity index (χ0v) is 24.8. The van der Waals surface area contributed by atoms with Crippen LogP contribution < -0.4 is 15.1 Å². The van der Waals surface area contributed by atoms with E-state index in [0.29, 0.717) is 34.5 Å². The number of aryl methyl sites for hydroxylation is 1. The molecule has 0 radical (unpaired) electrons. The van der Waals surface area contributed by atoms with Crippen LogP contribution in [-0.4, -0.2) is 67.2 Å². The first-order valence-corrected chi connectivity index (χ1v) is 15.2. The molecule has 1 saturated heterocycles. The molecular formula is C31H32N8O3S. The number of carbonyl (C=O) groups is 2. The highest BCUT2D eigenvalue weighted by atomic mass is 32.2. The Morgan fingerprint density at radius 2 is 1.72 bits per heavy atom. The van der Waals surface area contributed by atoms with Crippen LogP contribution in [0.25, 0.3) is 5.69 Å². The standard InChI is InChI=1S/C31H32N8O3S/c1-3-26(42-25-17-11-21(2)12-18-25)29(40)32-22-13-15-24(16-14-22)38-30(41)27(28(34-38)37-19-7-8-20-37)43-31-33-35-36-39(31)23-9-5-4-6-10-23/h4-6,9-18,26-27H,3,7-8,19-20H2,1-2H3,(H,32,40). The summed E-state index contributed by atoms with van der Waals surface area (Å²) < 4.78 is 7.55. The molecule has 4 aromatic rings. The van der Waals surface area contributed by atoms with Gasteiger partial charge in [-0.1, -0.05) is 54.6 Å². The molecule has 12 heteroatoms. The molecule has 0 bridgehead atoms. The SMILES string of the molecule is CCC(Oc1ccc(C)cc1)C(=O)Nc1ccc(N2N=C(N3CCCC3)C(Sc3nnnn3-c3ccccc3)C2=O)cc1. The lowest BCUT2D eigenvalue weighted by molar-refractivity contribution is -0.122. The monoisotopic (exact) mass is 596 g/mol. The minimum atomic E-state index is -0.639. The molecule has 43 heavy (non-hydrogen) atoms. The van der Waals surface area contributed by atoms with Crippen molar-refractivity contribution in [2.75, 3.05) is 23.4 Å². The van der Waals surface area contributed by atoms with E-state index in [1.807, 2.05) is 68.4 Å². The number of anilines is 2. The zero-order valence-electron chi connectivity index (χ0n) is 24.0. The van der Waals surface area contributed by atoms with Gasteiger partial charge in [0, 0.05) is 18.8 Å². The van der Waals surface area contributed by atoms with E-state index in [0.717, 1.165) is 37.2 Å². The Bertz CT molecular complexity index is 1600. The third kappa shape index (κ3) is 6.24. The van der Waals surface area contributed by atoms with Crippen LogP contribution in [0.1, 0.15) is 31.7 Å². The normalized spacial score (nSPS) is 17.2. The summed E-state index contributed by atoms with van der Waals surface area (Å²) in [6, 6.07) is 24.3. The van der Waals surface area contributed by atoms with Gasteiger partial charge in [0.25, 0.3) is 11.8 Å². The van der Waals surface area contributed by atoms with Crippen molar-refractivity contribution in [2.24, 2.45) is 5.10 Å². The summed E-state index contributed by atoms with van der Waals surface area (Å²) in [6.07, 6.45) is 1.97. The molecule has 1 fully saturated rings. The number of likely N-dealkylation sites (tertiary alicyclic amines) is 1. The van der Waals surface area contributed by atoms with Crippen molar-refractivity contribution in [3.63, 3.8) is 0 Å². The van der Waals surface area contributed by atoms with Crippen LogP contribution in [0.5, 0.6) is 5.75 Å². The number of aromatic nitrogens is 4. The number of hydrazone groups is 1. The number of nitrogens with one attached hydrogen (secondary N) is 1. The van der Waals surface area contributed by atoms with E-state index in [4.69, 9.17) is 9.84 Å². The maximum Gasteiger partial charge on any atom is 0.268 e. The molecular weight excluding hydrogens is 564 g/mol. The molecule has 220 valence electrons. The van der Waals surface area contributed by atoms with Gasteiger partial charge in [-0.15, -0.1) is 5.10 Å². The minimum Gasteiger partial charge on any atom is -0.481 e. The first-order chi connectivity index (χ1) is 21.0. The van der Waals surface area contributed by atoms with Gasteiger partial charge in [-0.3, -0.25) is 9.59 Å². The van der Waals surface area contributed by atoms with Crippen molar-refractivity contribution in [1.29, 1.82) is 0 Å². The summed E-state index contributed by atoms with van der Waals surface area (Å²) >= 11 is 1.29. The molecule has 2 unspecified atom stereocenters. The topological polar surface area (TPSA) is 118 Å². The van der Waals surface area contributed by atoms with Crippen LogP contribution in [0.15, 0.2) is 89.1 Å². The number of carbonyl (C=O) groups excluding carboxylic acids is 2. The number of rotatable bonds is 9. The van der Waals surface area contributed by atoms with E-state index in [1.54, 1.807) is 28.9 Å². The first kappa shape index (κ1) is 28.4. The van der Waals surface area contributed by atoms with Gasteiger partial charge in [-0.05, 0) is 85.1 Å². The highest BCUT2D eigenvalue weighted by molar-refractivity contribution is 8.01. The molecule has 2 aliphatic heterocycles.